The number of anilines is 1. The maximum atomic E-state index is 13.9. The Bertz CT molecular complexity index is 1060. The van der Waals surface area contributed by atoms with Crippen LogP contribution in [0.15, 0.2) is 40.8 Å². The Morgan fingerprint density at radius 3 is 2.61 bits per heavy atom. The molecule has 1 heterocycles. The van der Waals surface area contributed by atoms with Crippen LogP contribution >= 0.6 is 0 Å². The number of fused-ring (bicyclic) bond motifs is 1. The van der Waals surface area contributed by atoms with Crippen LogP contribution in [0.1, 0.15) is 28.6 Å². The SMILES string of the molecule is COc1ccc(C)cc1NC(=O)[C@H](C)OC(=O)c1oc2c(F)cccc2c1C. The highest BCUT2D eigenvalue weighted by atomic mass is 19.1. The zero-order valence-corrected chi connectivity index (χ0v) is 16.0. The Labute approximate surface area is 161 Å². The highest BCUT2D eigenvalue weighted by Crippen LogP contribution is 2.28. The van der Waals surface area contributed by atoms with Crippen molar-refractivity contribution in [2.45, 2.75) is 26.9 Å². The lowest BCUT2D eigenvalue weighted by Crippen LogP contribution is -2.30. The van der Waals surface area contributed by atoms with Gasteiger partial charge >= 0.3 is 5.97 Å². The van der Waals surface area contributed by atoms with Crippen LogP contribution < -0.4 is 10.1 Å². The minimum Gasteiger partial charge on any atom is -0.495 e. The summed E-state index contributed by atoms with van der Waals surface area (Å²) in [6.07, 6.45) is -1.10. The molecule has 0 saturated carbocycles. The lowest BCUT2D eigenvalue weighted by molar-refractivity contribution is -0.123. The van der Waals surface area contributed by atoms with Gasteiger partial charge in [-0.15, -0.1) is 0 Å². The summed E-state index contributed by atoms with van der Waals surface area (Å²) in [6, 6.07) is 9.74. The second kappa shape index (κ2) is 7.72. The largest absolute Gasteiger partial charge is 0.495 e. The molecule has 3 rings (SSSR count). The van der Waals surface area contributed by atoms with Gasteiger partial charge in [-0.1, -0.05) is 18.2 Å². The summed E-state index contributed by atoms with van der Waals surface area (Å²) in [5.41, 5.74) is 1.83. The van der Waals surface area contributed by atoms with Crippen molar-refractivity contribution in [3.8, 4) is 5.75 Å². The highest BCUT2D eigenvalue weighted by Gasteiger charge is 2.25. The first-order valence-electron chi connectivity index (χ1n) is 8.66. The van der Waals surface area contributed by atoms with Crippen LogP contribution in [0.2, 0.25) is 0 Å². The normalized spacial score (nSPS) is 11.9. The van der Waals surface area contributed by atoms with E-state index in [-0.39, 0.29) is 11.3 Å². The maximum Gasteiger partial charge on any atom is 0.375 e. The lowest BCUT2D eigenvalue weighted by Gasteiger charge is -2.15. The quantitative estimate of drug-likeness (QED) is 0.660. The molecule has 146 valence electrons. The second-order valence-electron chi connectivity index (χ2n) is 6.41. The third-order valence-electron chi connectivity index (χ3n) is 4.37. The van der Waals surface area contributed by atoms with Gasteiger partial charge in [0.15, 0.2) is 17.5 Å². The van der Waals surface area contributed by atoms with Crippen molar-refractivity contribution in [3.63, 3.8) is 0 Å². The molecule has 6 nitrogen and oxygen atoms in total. The minimum atomic E-state index is -1.10. The minimum absolute atomic E-state index is 0.0199. The molecule has 0 spiro atoms. The zero-order valence-electron chi connectivity index (χ0n) is 16.0. The van der Waals surface area contributed by atoms with E-state index in [1.807, 2.05) is 13.0 Å². The molecule has 1 atom stereocenters. The molecule has 1 N–H and O–H groups in total. The van der Waals surface area contributed by atoms with E-state index >= 15 is 0 Å². The average molecular weight is 385 g/mol. The Hall–Kier alpha value is -3.35. The van der Waals surface area contributed by atoms with Gasteiger partial charge in [0.2, 0.25) is 5.76 Å². The summed E-state index contributed by atoms with van der Waals surface area (Å²) in [6.45, 7) is 4.94. The molecular formula is C21H20FNO5. The number of halogens is 1. The van der Waals surface area contributed by atoms with E-state index in [9.17, 15) is 14.0 Å². The second-order valence-corrected chi connectivity index (χ2v) is 6.41. The van der Waals surface area contributed by atoms with Gasteiger partial charge in [0.1, 0.15) is 5.75 Å². The summed E-state index contributed by atoms with van der Waals surface area (Å²) in [4.78, 5) is 24.9. The number of para-hydroxylation sites is 1. The van der Waals surface area contributed by atoms with Crippen LogP contribution in [0.5, 0.6) is 5.75 Å². The highest BCUT2D eigenvalue weighted by molar-refractivity contribution is 6.00. The van der Waals surface area contributed by atoms with Crippen LogP contribution in [-0.2, 0) is 9.53 Å². The van der Waals surface area contributed by atoms with Gasteiger partial charge in [-0.25, -0.2) is 9.18 Å². The van der Waals surface area contributed by atoms with Gasteiger partial charge in [-0.05, 0) is 44.5 Å². The lowest BCUT2D eigenvalue weighted by atomic mass is 10.1. The summed E-state index contributed by atoms with van der Waals surface area (Å²) in [5, 5.41) is 3.16. The fourth-order valence-corrected chi connectivity index (χ4v) is 2.83. The number of ether oxygens (including phenoxy) is 2. The number of hydrogen-bond acceptors (Lipinski definition) is 5. The predicted octanol–water partition coefficient (Wildman–Crippen LogP) is 4.38. The van der Waals surface area contributed by atoms with Crippen LogP contribution in [0, 0.1) is 19.7 Å². The fraction of sp³-hybridized carbons (Fsp3) is 0.238. The number of esters is 1. The van der Waals surface area contributed by atoms with Gasteiger partial charge in [0.25, 0.3) is 5.91 Å². The van der Waals surface area contributed by atoms with E-state index in [0.717, 1.165) is 5.56 Å². The number of furan rings is 1. The van der Waals surface area contributed by atoms with Crippen molar-refractivity contribution < 1.29 is 27.9 Å². The first kappa shape index (κ1) is 19.4. The summed E-state index contributed by atoms with van der Waals surface area (Å²) in [7, 11) is 1.49. The van der Waals surface area contributed by atoms with Crippen molar-refractivity contribution in [3.05, 3.63) is 59.1 Å². The average Bonchev–Trinajstić information content (AvgIpc) is 3.00. The molecule has 0 bridgehead atoms. The number of carbonyl (C=O) groups excluding carboxylic acids is 2. The Balaban J connectivity index is 1.76. The van der Waals surface area contributed by atoms with Crippen molar-refractivity contribution in [2.24, 2.45) is 0 Å². The first-order valence-corrected chi connectivity index (χ1v) is 8.66. The van der Waals surface area contributed by atoms with Crippen molar-refractivity contribution in [2.75, 3.05) is 12.4 Å². The summed E-state index contributed by atoms with van der Waals surface area (Å²) >= 11 is 0. The number of methoxy groups -OCH3 is 1. The van der Waals surface area contributed by atoms with E-state index in [4.69, 9.17) is 13.9 Å². The molecule has 7 heteroatoms. The summed E-state index contributed by atoms with van der Waals surface area (Å²) < 4.78 is 29.6. The van der Waals surface area contributed by atoms with Crippen molar-refractivity contribution in [1.29, 1.82) is 0 Å². The molecule has 28 heavy (non-hydrogen) atoms. The van der Waals surface area contributed by atoms with Gasteiger partial charge in [0.05, 0.1) is 12.8 Å². The molecule has 1 amide bonds. The van der Waals surface area contributed by atoms with Crippen molar-refractivity contribution in [1.82, 2.24) is 0 Å². The van der Waals surface area contributed by atoms with E-state index < -0.39 is 23.8 Å². The number of carbonyl (C=O) groups is 2. The van der Waals surface area contributed by atoms with Crippen LogP contribution in [0.3, 0.4) is 0 Å². The smallest absolute Gasteiger partial charge is 0.375 e. The molecule has 2 aromatic carbocycles. The molecule has 3 aromatic rings. The number of aryl methyl sites for hydroxylation is 2. The van der Waals surface area contributed by atoms with E-state index in [1.165, 1.54) is 26.2 Å². The van der Waals surface area contributed by atoms with Crippen LogP contribution in [0.4, 0.5) is 10.1 Å². The number of amides is 1. The fourth-order valence-electron chi connectivity index (χ4n) is 2.83. The number of benzene rings is 2. The predicted molar refractivity (Wildman–Crippen MR) is 102 cm³/mol. The van der Waals surface area contributed by atoms with E-state index in [1.54, 1.807) is 25.1 Å². The molecule has 0 aliphatic rings. The van der Waals surface area contributed by atoms with Gasteiger partial charge in [0, 0.05) is 10.9 Å². The molecule has 0 aliphatic carbocycles. The number of hydrogen-bond donors (Lipinski definition) is 1. The maximum absolute atomic E-state index is 13.9. The van der Waals surface area contributed by atoms with Crippen LogP contribution in [-0.4, -0.2) is 25.1 Å². The summed E-state index contributed by atoms with van der Waals surface area (Å²) in [5.74, 6) is -1.59. The van der Waals surface area contributed by atoms with Gasteiger partial charge in [-0.3, -0.25) is 4.79 Å². The third-order valence-corrected chi connectivity index (χ3v) is 4.37. The molecular weight excluding hydrogens is 365 g/mol. The zero-order chi connectivity index (χ0) is 20.4. The standard InChI is InChI=1S/C21H20FNO5/c1-11-8-9-17(26-4)16(10-11)23-20(24)13(3)27-21(25)18-12(2)14-6-5-7-15(22)19(14)28-18/h5-10,13H,1-4H3,(H,23,24)/t13-/m0/s1. The molecule has 0 saturated heterocycles. The number of nitrogens with one attached hydrogen (secondary N) is 1. The molecule has 0 fully saturated rings. The van der Waals surface area contributed by atoms with E-state index in [2.05, 4.69) is 5.32 Å². The topological polar surface area (TPSA) is 77.8 Å². The Morgan fingerprint density at radius 2 is 1.93 bits per heavy atom. The van der Waals surface area contributed by atoms with E-state index in [0.29, 0.717) is 22.4 Å². The van der Waals surface area contributed by atoms with Crippen LogP contribution in [0.25, 0.3) is 11.0 Å². The van der Waals surface area contributed by atoms with Gasteiger partial charge in [-0.2, -0.15) is 0 Å². The van der Waals surface area contributed by atoms with Crippen molar-refractivity contribution >= 4 is 28.5 Å². The number of rotatable bonds is 5. The first-order chi connectivity index (χ1) is 13.3. The Kier molecular flexibility index (Phi) is 5.35. The monoisotopic (exact) mass is 385 g/mol. The molecule has 0 unspecified atom stereocenters. The third kappa shape index (κ3) is 3.69. The van der Waals surface area contributed by atoms with Gasteiger partial charge < -0.3 is 19.2 Å². The molecule has 0 radical (unpaired) electrons. The molecule has 1 aromatic heterocycles. The molecule has 0 aliphatic heterocycles. The Morgan fingerprint density at radius 1 is 1.18 bits per heavy atom.